The molecule has 4 nitrogen and oxygen atoms in total. The molecule has 0 aliphatic rings. The first-order valence-corrected chi connectivity index (χ1v) is 9.54. The summed E-state index contributed by atoms with van der Waals surface area (Å²) < 4.78 is 5.90. The molecule has 0 spiro atoms. The molecule has 2 rings (SSSR count). The third-order valence-corrected chi connectivity index (χ3v) is 4.64. The summed E-state index contributed by atoms with van der Waals surface area (Å²) in [4.78, 5) is 12.9. The SMILES string of the molecule is CCCCCC(CC)OC(=O)[C@@H](Bc1ccccc1)c1ccccc1.O.O. The Bertz CT molecular complexity index is 619. The maximum absolute atomic E-state index is 12.9. The normalized spacial score (nSPS) is 12.1. The Morgan fingerprint density at radius 3 is 2.07 bits per heavy atom. The second-order valence-electron chi connectivity index (χ2n) is 6.62. The molecule has 0 fully saturated rings. The van der Waals surface area contributed by atoms with Crippen LogP contribution in [-0.2, 0) is 9.53 Å². The van der Waals surface area contributed by atoms with Gasteiger partial charge in [0.25, 0.3) is 0 Å². The molecule has 0 radical (unpaired) electrons. The molecule has 4 N–H and O–H groups in total. The van der Waals surface area contributed by atoms with Crippen molar-refractivity contribution in [2.45, 2.75) is 57.9 Å². The fourth-order valence-corrected chi connectivity index (χ4v) is 3.09. The highest BCUT2D eigenvalue weighted by molar-refractivity contribution is 6.58. The van der Waals surface area contributed by atoms with Crippen molar-refractivity contribution in [3.05, 3.63) is 66.2 Å². The number of unbranched alkanes of at least 4 members (excludes halogenated alkanes) is 2. The van der Waals surface area contributed by atoms with Crippen LogP contribution in [0.25, 0.3) is 0 Å². The summed E-state index contributed by atoms with van der Waals surface area (Å²) >= 11 is 0. The van der Waals surface area contributed by atoms with Crippen LogP contribution in [0.1, 0.15) is 57.3 Å². The molecule has 5 heteroatoms. The predicted octanol–water partition coefficient (Wildman–Crippen LogP) is 2.74. The number of hydrogen-bond acceptors (Lipinski definition) is 2. The van der Waals surface area contributed by atoms with Gasteiger partial charge in [-0.05, 0) is 24.8 Å². The Labute approximate surface area is 163 Å². The van der Waals surface area contributed by atoms with Gasteiger partial charge in [0.05, 0.1) is 5.82 Å². The molecule has 2 atom stereocenters. The Balaban J connectivity index is 0.00000338. The number of ether oxygens (including phenoxy) is 1. The Morgan fingerprint density at radius 1 is 0.926 bits per heavy atom. The topological polar surface area (TPSA) is 89.3 Å². The van der Waals surface area contributed by atoms with Gasteiger partial charge in [0.1, 0.15) is 6.10 Å². The highest BCUT2D eigenvalue weighted by Gasteiger charge is 2.26. The van der Waals surface area contributed by atoms with Crippen LogP contribution >= 0.6 is 0 Å². The van der Waals surface area contributed by atoms with E-state index in [-0.39, 0.29) is 28.8 Å². The molecule has 27 heavy (non-hydrogen) atoms. The highest BCUT2D eigenvalue weighted by Crippen LogP contribution is 2.19. The number of benzene rings is 2. The maximum Gasteiger partial charge on any atom is 0.306 e. The number of hydrogen-bond donors (Lipinski definition) is 0. The van der Waals surface area contributed by atoms with E-state index in [4.69, 9.17) is 4.74 Å². The van der Waals surface area contributed by atoms with Crippen molar-refractivity contribution < 1.29 is 20.5 Å². The lowest BCUT2D eigenvalue weighted by Gasteiger charge is -2.21. The monoisotopic (exact) mass is 372 g/mol. The minimum atomic E-state index is -0.246. The molecule has 0 aliphatic heterocycles. The maximum atomic E-state index is 12.9. The lowest BCUT2D eigenvalue weighted by Crippen LogP contribution is -2.31. The second kappa shape index (κ2) is 14.0. The molecule has 148 valence electrons. The quantitative estimate of drug-likeness (QED) is 0.365. The van der Waals surface area contributed by atoms with E-state index in [1.807, 2.05) is 48.5 Å². The van der Waals surface area contributed by atoms with Crippen LogP contribution in [0, 0.1) is 0 Å². The van der Waals surface area contributed by atoms with Crippen molar-refractivity contribution in [1.82, 2.24) is 0 Å². The van der Waals surface area contributed by atoms with Crippen LogP contribution in [0.2, 0.25) is 0 Å². The van der Waals surface area contributed by atoms with Crippen molar-refractivity contribution in [2.24, 2.45) is 0 Å². The predicted molar refractivity (Wildman–Crippen MR) is 114 cm³/mol. The molecule has 0 saturated heterocycles. The summed E-state index contributed by atoms with van der Waals surface area (Å²) in [6.07, 6.45) is 5.37. The summed E-state index contributed by atoms with van der Waals surface area (Å²) in [7, 11) is 0.676. The van der Waals surface area contributed by atoms with Gasteiger partial charge in [0.15, 0.2) is 7.28 Å². The Hall–Kier alpha value is -2.11. The van der Waals surface area contributed by atoms with Crippen molar-refractivity contribution >= 4 is 18.7 Å². The molecule has 0 saturated carbocycles. The van der Waals surface area contributed by atoms with Crippen LogP contribution in [0.4, 0.5) is 0 Å². The molecule has 0 aromatic heterocycles. The van der Waals surface area contributed by atoms with Gasteiger partial charge in [-0.15, -0.1) is 0 Å². The van der Waals surface area contributed by atoms with Gasteiger partial charge in [-0.1, -0.05) is 92.8 Å². The molecule has 0 bridgehead atoms. The van der Waals surface area contributed by atoms with Gasteiger partial charge in [-0.3, -0.25) is 4.79 Å². The standard InChI is InChI=1S/C22H29BO2.2H2O/c1-3-5-8-17-20(4-2)25-22(24)21(18-13-9-6-10-14-18)23-19-15-11-7-12-16-19;;/h6-7,9-16,20-21,23H,3-5,8,17H2,1-2H3;2*1H2/t20?,21-;;/m0../s1. The molecule has 0 aliphatic carbocycles. The zero-order chi connectivity index (χ0) is 17.9. The highest BCUT2D eigenvalue weighted by atomic mass is 16.5. The van der Waals surface area contributed by atoms with Crippen LogP contribution in [0.5, 0.6) is 0 Å². The van der Waals surface area contributed by atoms with Crippen LogP contribution < -0.4 is 5.46 Å². The van der Waals surface area contributed by atoms with Gasteiger partial charge < -0.3 is 15.7 Å². The molecule has 2 aromatic carbocycles. The second-order valence-corrected chi connectivity index (χ2v) is 6.62. The van der Waals surface area contributed by atoms with Crippen molar-refractivity contribution in [3.8, 4) is 0 Å². The van der Waals surface area contributed by atoms with Gasteiger partial charge in [-0.2, -0.15) is 0 Å². The third-order valence-electron chi connectivity index (χ3n) is 4.64. The third kappa shape index (κ3) is 8.42. The summed E-state index contributed by atoms with van der Waals surface area (Å²) in [5.74, 6) is -0.345. The lowest BCUT2D eigenvalue weighted by molar-refractivity contribution is -0.149. The summed E-state index contributed by atoms with van der Waals surface area (Å²) in [6, 6.07) is 20.2. The first-order chi connectivity index (χ1) is 12.2. The first kappa shape index (κ1) is 24.9. The van der Waals surface area contributed by atoms with Gasteiger partial charge in [-0.25, -0.2) is 0 Å². The molecule has 0 amide bonds. The summed E-state index contributed by atoms with van der Waals surface area (Å²) in [6.45, 7) is 4.29. The zero-order valence-electron chi connectivity index (χ0n) is 16.5. The first-order valence-electron chi connectivity index (χ1n) is 9.54. The van der Waals surface area contributed by atoms with Crippen LogP contribution in [0.15, 0.2) is 60.7 Å². The van der Waals surface area contributed by atoms with Gasteiger partial charge in [0, 0.05) is 0 Å². The van der Waals surface area contributed by atoms with E-state index in [1.165, 1.54) is 12.8 Å². The minimum absolute atomic E-state index is 0. The number of carbonyl (C=O) groups excluding carboxylic acids is 1. The van der Waals surface area contributed by atoms with E-state index in [9.17, 15) is 4.79 Å². The largest absolute Gasteiger partial charge is 0.462 e. The summed E-state index contributed by atoms with van der Waals surface area (Å²) in [5, 5.41) is 0. The van der Waals surface area contributed by atoms with Gasteiger partial charge >= 0.3 is 5.97 Å². The van der Waals surface area contributed by atoms with E-state index < -0.39 is 0 Å². The van der Waals surface area contributed by atoms with E-state index >= 15 is 0 Å². The van der Waals surface area contributed by atoms with Crippen molar-refractivity contribution in [1.29, 1.82) is 0 Å². The van der Waals surface area contributed by atoms with Crippen LogP contribution in [0.3, 0.4) is 0 Å². The number of esters is 1. The van der Waals surface area contributed by atoms with E-state index in [0.717, 1.165) is 30.3 Å². The van der Waals surface area contributed by atoms with E-state index in [2.05, 4.69) is 26.0 Å². The van der Waals surface area contributed by atoms with Gasteiger partial charge in [0.2, 0.25) is 0 Å². The molecular weight excluding hydrogens is 339 g/mol. The Kier molecular flexibility index (Phi) is 12.9. The smallest absolute Gasteiger partial charge is 0.306 e. The molecular formula is C22H33BO4. The fraction of sp³-hybridized carbons (Fsp3) is 0.409. The Morgan fingerprint density at radius 2 is 1.52 bits per heavy atom. The minimum Gasteiger partial charge on any atom is -0.462 e. The fourth-order valence-electron chi connectivity index (χ4n) is 3.09. The zero-order valence-corrected chi connectivity index (χ0v) is 16.5. The van der Waals surface area contributed by atoms with Crippen LogP contribution in [-0.4, -0.2) is 30.3 Å². The molecule has 0 heterocycles. The van der Waals surface area contributed by atoms with E-state index in [0.29, 0.717) is 7.28 Å². The van der Waals surface area contributed by atoms with Crippen molar-refractivity contribution in [3.63, 3.8) is 0 Å². The molecule has 1 unspecified atom stereocenters. The molecule has 2 aromatic rings. The average Bonchev–Trinajstić information content (AvgIpc) is 2.66. The average molecular weight is 372 g/mol. The lowest BCUT2D eigenvalue weighted by atomic mass is 9.57. The number of rotatable bonds is 10. The summed E-state index contributed by atoms with van der Waals surface area (Å²) in [5.41, 5.74) is 2.19. The van der Waals surface area contributed by atoms with E-state index in [1.54, 1.807) is 0 Å². The van der Waals surface area contributed by atoms with Crippen molar-refractivity contribution in [2.75, 3.05) is 0 Å². The number of carbonyl (C=O) groups is 1.